The zero-order chi connectivity index (χ0) is 17.6. The first kappa shape index (κ1) is 17.9. The molecule has 2 unspecified atom stereocenters. The molecular weight excluding hydrogens is 379 g/mol. The van der Waals surface area contributed by atoms with Crippen molar-refractivity contribution in [3.8, 4) is 0 Å². The van der Waals surface area contributed by atoms with Crippen molar-refractivity contribution in [1.29, 1.82) is 0 Å². The van der Waals surface area contributed by atoms with E-state index in [1.165, 1.54) is 4.46 Å². The fraction of sp³-hybridized carbons (Fsp3) is 0.286. The molecule has 3 nitrogen and oxygen atoms in total. The van der Waals surface area contributed by atoms with Gasteiger partial charge in [0.15, 0.2) is 0 Å². The minimum absolute atomic E-state index is 0.0450. The summed E-state index contributed by atoms with van der Waals surface area (Å²) in [6.45, 7) is 4.24. The fourth-order valence-electron chi connectivity index (χ4n) is 2.52. The molecule has 0 N–H and O–H groups in total. The van der Waals surface area contributed by atoms with E-state index in [0.717, 1.165) is 16.5 Å². The molecule has 130 valence electrons. The van der Waals surface area contributed by atoms with Crippen molar-refractivity contribution in [2.75, 3.05) is 6.61 Å². The summed E-state index contributed by atoms with van der Waals surface area (Å²) in [6.07, 6.45) is 0.634. The Morgan fingerprint density at radius 3 is 2.44 bits per heavy atom. The van der Waals surface area contributed by atoms with Crippen LogP contribution in [0.15, 0.2) is 70.9 Å². The average Bonchev–Trinajstić information content (AvgIpc) is 3.04. The average molecular weight is 401 g/mol. The summed E-state index contributed by atoms with van der Waals surface area (Å²) in [7, 11) is 0. The Morgan fingerprint density at radius 2 is 1.80 bits per heavy atom. The molecule has 0 aromatic heterocycles. The number of hydrogen-bond acceptors (Lipinski definition) is 3. The monoisotopic (exact) mass is 402 g/mol. The molecule has 4 heteroatoms. The van der Waals surface area contributed by atoms with Crippen LogP contribution in [-0.2, 0) is 14.3 Å². The van der Waals surface area contributed by atoms with Gasteiger partial charge in [-0.2, -0.15) is 0 Å². The summed E-state index contributed by atoms with van der Waals surface area (Å²) in [6, 6.07) is 20.4. The van der Waals surface area contributed by atoms with Gasteiger partial charge in [-0.05, 0) is 0 Å². The molecule has 0 bridgehead atoms. The van der Waals surface area contributed by atoms with Gasteiger partial charge in [0.05, 0.1) is 0 Å². The number of carbonyl (C=O) groups excluding carboxylic acids is 1. The molecule has 1 aliphatic rings. The molecule has 0 amide bonds. The molecule has 1 aliphatic heterocycles. The summed E-state index contributed by atoms with van der Waals surface area (Å²) >= 11 is 0.0450. The molecule has 2 atom stereocenters. The minimum atomic E-state index is -0.170. The van der Waals surface area contributed by atoms with Gasteiger partial charge in [0.2, 0.25) is 0 Å². The zero-order valence-corrected chi connectivity index (χ0v) is 16.2. The van der Waals surface area contributed by atoms with Crippen molar-refractivity contribution in [2.45, 2.75) is 26.4 Å². The van der Waals surface area contributed by atoms with Crippen molar-refractivity contribution in [3.05, 3.63) is 76.5 Å². The molecule has 0 aliphatic carbocycles. The maximum atomic E-state index is 12.3. The molecule has 1 heterocycles. The molecule has 0 saturated carbocycles. The second-order valence-corrected chi connectivity index (χ2v) is 8.37. The third kappa shape index (κ3) is 4.40. The second-order valence-electron chi connectivity index (χ2n) is 6.03. The number of rotatable bonds is 6. The molecule has 0 radical (unpaired) electrons. The molecule has 0 saturated heterocycles. The van der Waals surface area contributed by atoms with Gasteiger partial charge in [0.1, 0.15) is 0 Å². The van der Waals surface area contributed by atoms with Crippen LogP contribution >= 0.6 is 0 Å². The Hall–Kier alpha value is -1.87. The maximum absolute atomic E-state index is 12.3. The number of hydrogen-bond donors (Lipinski definition) is 0. The van der Waals surface area contributed by atoms with Crippen molar-refractivity contribution < 1.29 is 14.3 Å². The Labute approximate surface area is 155 Å². The number of carbonyl (C=O) groups is 1. The summed E-state index contributed by atoms with van der Waals surface area (Å²) in [4.78, 5) is 12.3. The van der Waals surface area contributed by atoms with E-state index in [0.29, 0.717) is 12.4 Å². The Balaban J connectivity index is 1.90. The van der Waals surface area contributed by atoms with Gasteiger partial charge in [-0.3, -0.25) is 0 Å². The van der Waals surface area contributed by atoms with Crippen molar-refractivity contribution in [2.24, 2.45) is 5.92 Å². The van der Waals surface area contributed by atoms with Crippen LogP contribution in [0.3, 0.4) is 0 Å². The standard InChI is InChI=1S/C21H22O3Se/c1-3-15(2)21(22)24-18-14-23-19(16-10-6-4-7-11-16)20(18)25-17-12-8-5-9-13-17/h4-13,15,19H,3,14H2,1-2H3. The molecule has 0 spiro atoms. The summed E-state index contributed by atoms with van der Waals surface area (Å²) in [5, 5.41) is 0. The van der Waals surface area contributed by atoms with Crippen LogP contribution in [0.4, 0.5) is 0 Å². The number of benzene rings is 2. The van der Waals surface area contributed by atoms with Gasteiger partial charge in [-0.15, -0.1) is 0 Å². The van der Waals surface area contributed by atoms with Gasteiger partial charge in [0.25, 0.3) is 0 Å². The van der Waals surface area contributed by atoms with E-state index in [1.54, 1.807) is 0 Å². The van der Waals surface area contributed by atoms with E-state index in [2.05, 4.69) is 24.3 Å². The molecule has 0 fully saturated rings. The topological polar surface area (TPSA) is 35.5 Å². The van der Waals surface area contributed by atoms with Gasteiger partial charge >= 0.3 is 155 Å². The Morgan fingerprint density at radius 1 is 1.16 bits per heavy atom. The summed E-state index contributed by atoms with van der Waals surface area (Å²) in [5.41, 5.74) is 1.10. The molecular formula is C21H22O3Se. The van der Waals surface area contributed by atoms with E-state index >= 15 is 0 Å². The van der Waals surface area contributed by atoms with Crippen molar-refractivity contribution in [1.82, 2.24) is 0 Å². The fourth-order valence-corrected chi connectivity index (χ4v) is 4.77. The summed E-state index contributed by atoms with van der Waals surface area (Å²) < 4.78 is 14.1. The van der Waals surface area contributed by atoms with Gasteiger partial charge < -0.3 is 0 Å². The van der Waals surface area contributed by atoms with E-state index in [1.807, 2.05) is 50.2 Å². The van der Waals surface area contributed by atoms with Crippen LogP contribution in [-0.4, -0.2) is 27.5 Å². The van der Waals surface area contributed by atoms with Crippen LogP contribution < -0.4 is 4.46 Å². The van der Waals surface area contributed by atoms with Crippen molar-refractivity contribution in [3.63, 3.8) is 0 Å². The molecule has 25 heavy (non-hydrogen) atoms. The van der Waals surface area contributed by atoms with Crippen LogP contribution in [0.5, 0.6) is 0 Å². The second kappa shape index (κ2) is 8.48. The molecule has 2 aromatic carbocycles. The van der Waals surface area contributed by atoms with E-state index in [9.17, 15) is 4.79 Å². The van der Waals surface area contributed by atoms with Gasteiger partial charge in [-0.25, -0.2) is 0 Å². The van der Waals surface area contributed by atoms with Crippen LogP contribution in [0.25, 0.3) is 0 Å². The summed E-state index contributed by atoms with van der Waals surface area (Å²) in [5.74, 6) is 0.424. The Kier molecular flexibility index (Phi) is 6.09. The molecule has 2 aromatic rings. The van der Waals surface area contributed by atoms with Gasteiger partial charge in [-0.1, -0.05) is 0 Å². The predicted octanol–water partition coefficient (Wildman–Crippen LogP) is 3.59. The SMILES string of the molecule is CCC(C)C(=O)OC1=C([Se]c2ccccc2)C(c2ccccc2)OC1. The Bertz CT molecular complexity index is 740. The van der Waals surface area contributed by atoms with Gasteiger partial charge in [0, 0.05) is 0 Å². The number of esters is 1. The predicted molar refractivity (Wildman–Crippen MR) is 99.5 cm³/mol. The first-order chi connectivity index (χ1) is 12.2. The first-order valence-corrected chi connectivity index (χ1v) is 10.2. The third-order valence-electron chi connectivity index (χ3n) is 4.21. The van der Waals surface area contributed by atoms with Crippen LogP contribution in [0, 0.1) is 5.92 Å². The van der Waals surface area contributed by atoms with E-state index < -0.39 is 0 Å². The normalized spacial score (nSPS) is 18.2. The zero-order valence-electron chi connectivity index (χ0n) is 14.5. The quantitative estimate of drug-likeness (QED) is 0.548. The van der Waals surface area contributed by atoms with Crippen molar-refractivity contribution >= 4 is 25.4 Å². The van der Waals surface area contributed by atoms with E-state index in [4.69, 9.17) is 9.47 Å². The third-order valence-corrected chi connectivity index (χ3v) is 6.66. The number of ether oxygens (including phenoxy) is 2. The van der Waals surface area contributed by atoms with E-state index in [-0.39, 0.29) is 32.9 Å². The van der Waals surface area contributed by atoms with Crippen LogP contribution in [0.1, 0.15) is 31.9 Å². The van der Waals surface area contributed by atoms with Crippen LogP contribution in [0.2, 0.25) is 0 Å². The first-order valence-electron chi connectivity index (χ1n) is 8.53. The molecule has 3 rings (SSSR count).